The number of hydrogen-bond donors (Lipinski definition) is 1. The van der Waals surface area contributed by atoms with Crippen LogP contribution in [-0.4, -0.2) is 25.1 Å². The van der Waals surface area contributed by atoms with E-state index >= 15 is 0 Å². The number of halogens is 1. The Morgan fingerprint density at radius 1 is 1.10 bits per heavy atom. The molecule has 8 heteroatoms. The lowest BCUT2D eigenvalue weighted by Crippen LogP contribution is -2.06. The summed E-state index contributed by atoms with van der Waals surface area (Å²) < 4.78 is 5.49. The summed E-state index contributed by atoms with van der Waals surface area (Å²) in [6.45, 7) is 4.42. The van der Waals surface area contributed by atoms with Gasteiger partial charge in [-0.05, 0) is 18.6 Å². The van der Waals surface area contributed by atoms with Crippen molar-refractivity contribution in [3.05, 3.63) is 71.1 Å². The van der Waals surface area contributed by atoms with E-state index in [4.69, 9.17) is 21.1 Å². The topological polar surface area (TPSA) is 89.6 Å². The van der Waals surface area contributed by atoms with Crippen LogP contribution < -0.4 is 5.32 Å². The van der Waals surface area contributed by atoms with Gasteiger partial charge in [-0.1, -0.05) is 41.9 Å². The summed E-state index contributed by atoms with van der Waals surface area (Å²) in [5.74, 6) is 1.25. The highest BCUT2D eigenvalue weighted by molar-refractivity contribution is 6.31. The molecule has 0 unspecified atom stereocenters. The Morgan fingerprint density at radius 3 is 2.72 bits per heavy atom. The van der Waals surface area contributed by atoms with Crippen LogP contribution in [0.2, 0.25) is 5.02 Å². The van der Waals surface area contributed by atoms with Crippen molar-refractivity contribution in [3.8, 4) is 22.5 Å². The van der Waals surface area contributed by atoms with E-state index in [0.29, 0.717) is 35.3 Å². The van der Waals surface area contributed by atoms with E-state index in [1.165, 1.54) is 0 Å². The Hall–Kier alpha value is -3.32. The zero-order chi connectivity index (χ0) is 20.2. The minimum Gasteiger partial charge on any atom is -0.360 e. The first-order valence-electron chi connectivity index (χ1n) is 9.23. The fourth-order valence-electron chi connectivity index (χ4n) is 3.06. The molecule has 0 aliphatic rings. The minimum absolute atomic E-state index is 0.482. The highest BCUT2D eigenvalue weighted by Gasteiger charge is 2.21. The van der Waals surface area contributed by atoms with Crippen molar-refractivity contribution >= 4 is 17.5 Å². The van der Waals surface area contributed by atoms with Crippen LogP contribution in [0, 0.1) is 6.92 Å². The summed E-state index contributed by atoms with van der Waals surface area (Å²) in [6, 6.07) is 7.66. The Balaban J connectivity index is 1.76. The monoisotopic (exact) mass is 406 g/mol. The third kappa shape index (κ3) is 3.95. The summed E-state index contributed by atoms with van der Waals surface area (Å²) in [4.78, 5) is 17.8. The maximum Gasteiger partial charge on any atom is 0.223 e. The normalized spacial score (nSPS) is 10.9. The number of aromatic nitrogens is 5. The second kappa shape index (κ2) is 8.36. The number of benzene rings is 1. The molecule has 3 aromatic heterocycles. The van der Waals surface area contributed by atoms with Crippen LogP contribution in [0.5, 0.6) is 0 Å². The first-order valence-corrected chi connectivity index (χ1v) is 9.61. The fourth-order valence-corrected chi connectivity index (χ4v) is 3.26. The number of hydrogen-bond acceptors (Lipinski definition) is 7. The highest BCUT2D eigenvalue weighted by atomic mass is 35.5. The van der Waals surface area contributed by atoms with E-state index in [2.05, 4.69) is 25.4 Å². The summed E-state index contributed by atoms with van der Waals surface area (Å²) in [6.07, 6.45) is 7.40. The molecule has 7 nitrogen and oxygen atoms in total. The Bertz CT molecular complexity index is 1130. The molecule has 1 N–H and O–H groups in total. The predicted octanol–water partition coefficient (Wildman–Crippen LogP) is 4.72. The lowest BCUT2D eigenvalue weighted by atomic mass is 10.0. The summed E-state index contributed by atoms with van der Waals surface area (Å²) in [5.41, 5.74) is 4.75. The van der Waals surface area contributed by atoms with Gasteiger partial charge in [-0.15, -0.1) is 0 Å². The van der Waals surface area contributed by atoms with Crippen LogP contribution in [0.3, 0.4) is 0 Å². The fraction of sp³-hybridized carbons (Fsp3) is 0.190. The third-order valence-corrected chi connectivity index (χ3v) is 4.88. The first-order chi connectivity index (χ1) is 14.2. The van der Waals surface area contributed by atoms with Crippen molar-refractivity contribution < 1.29 is 4.52 Å². The van der Waals surface area contributed by atoms with E-state index in [9.17, 15) is 0 Å². The number of aryl methyl sites for hydroxylation is 2. The lowest BCUT2D eigenvalue weighted by Gasteiger charge is -2.12. The summed E-state index contributed by atoms with van der Waals surface area (Å²) >= 11 is 6.25. The van der Waals surface area contributed by atoms with Crippen LogP contribution in [0.15, 0.2) is 53.6 Å². The smallest absolute Gasteiger partial charge is 0.223 e. The van der Waals surface area contributed by atoms with Gasteiger partial charge >= 0.3 is 0 Å². The largest absolute Gasteiger partial charge is 0.360 e. The molecule has 146 valence electrons. The van der Waals surface area contributed by atoms with E-state index in [-0.39, 0.29) is 0 Å². The average Bonchev–Trinajstić information content (AvgIpc) is 3.14. The molecular formula is C21H19ClN6O. The molecule has 0 saturated heterocycles. The molecule has 3 heterocycles. The molecule has 4 rings (SSSR count). The van der Waals surface area contributed by atoms with Gasteiger partial charge in [0.15, 0.2) is 0 Å². The molecule has 0 fully saturated rings. The molecule has 0 amide bonds. The van der Waals surface area contributed by atoms with Crippen molar-refractivity contribution in [2.75, 3.05) is 5.32 Å². The van der Waals surface area contributed by atoms with Crippen LogP contribution in [0.4, 0.5) is 5.95 Å². The quantitative estimate of drug-likeness (QED) is 0.495. The van der Waals surface area contributed by atoms with Crippen LogP contribution in [-0.2, 0) is 13.0 Å². The number of nitrogens with one attached hydrogen (secondary N) is 1. The van der Waals surface area contributed by atoms with Gasteiger partial charge in [0.2, 0.25) is 5.95 Å². The van der Waals surface area contributed by atoms with E-state index in [1.54, 1.807) is 24.8 Å². The van der Waals surface area contributed by atoms with Gasteiger partial charge < -0.3 is 9.84 Å². The second-order valence-corrected chi connectivity index (χ2v) is 6.82. The van der Waals surface area contributed by atoms with Gasteiger partial charge in [0.05, 0.1) is 28.8 Å². The lowest BCUT2D eigenvalue weighted by molar-refractivity contribution is 0.383. The maximum absolute atomic E-state index is 6.25. The van der Waals surface area contributed by atoms with Gasteiger partial charge in [-0.3, -0.25) is 9.97 Å². The minimum atomic E-state index is 0.482. The average molecular weight is 407 g/mol. The molecule has 0 bridgehead atoms. The van der Waals surface area contributed by atoms with Crippen molar-refractivity contribution in [2.24, 2.45) is 0 Å². The van der Waals surface area contributed by atoms with Gasteiger partial charge in [-0.2, -0.15) is 0 Å². The molecule has 0 atom stereocenters. The summed E-state index contributed by atoms with van der Waals surface area (Å²) in [5, 5.41) is 8.06. The number of nitrogens with zero attached hydrogens (tertiary/aromatic N) is 5. The zero-order valence-electron chi connectivity index (χ0n) is 16.1. The van der Waals surface area contributed by atoms with E-state index in [1.807, 2.05) is 38.1 Å². The standard InChI is InChI=1S/C21H19ClN6O/c1-3-18-19(13(2)28-29-18)20-15(17-12-23-8-9-24-17)11-26-21(27-20)25-10-14-6-4-5-7-16(14)22/h4-9,11-12H,3,10H2,1-2H3,(H,25,26,27). The van der Waals surface area contributed by atoms with E-state index in [0.717, 1.165) is 28.1 Å². The van der Waals surface area contributed by atoms with Crippen molar-refractivity contribution in [2.45, 2.75) is 26.8 Å². The van der Waals surface area contributed by atoms with Crippen molar-refractivity contribution in [3.63, 3.8) is 0 Å². The SMILES string of the molecule is CCc1onc(C)c1-c1nc(NCc2ccccc2Cl)ncc1-c1cnccn1. The Morgan fingerprint density at radius 2 is 1.97 bits per heavy atom. The number of anilines is 1. The third-order valence-electron chi connectivity index (χ3n) is 4.51. The zero-order valence-corrected chi connectivity index (χ0v) is 16.8. The van der Waals surface area contributed by atoms with Gasteiger partial charge in [0, 0.05) is 42.1 Å². The van der Waals surface area contributed by atoms with Gasteiger partial charge in [0.1, 0.15) is 5.76 Å². The molecule has 0 aliphatic heterocycles. The highest BCUT2D eigenvalue weighted by Crippen LogP contribution is 2.34. The van der Waals surface area contributed by atoms with Crippen molar-refractivity contribution in [1.82, 2.24) is 25.1 Å². The van der Waals surface area contributed by atoms with Crippen molar-refractivity contribution in [1.29, 1.82) is 0 Å². The second-order valence-electron chi connectivity index (χ2n) is 6.41. The molecular weight excluding hydrogens is 388 g/mol. The Kier molecular flexibility index (Phi) is 5.48. The first kappa shape index (κ1) is 19.0. The molecule has 1 aromatic carbocycles. The maximum atomic E-state index is 6.25. The molecule has 0 spiro atoms. The van der Waals surface area contributed by atoms with Crippen LogP contribution >= 0.6 is 11.6 Å². The number of rotatable bonds is 6. The van der Waals surface area contributed by atoms with Crippen LogP contribution in [0.1, 0.15) is 23.9 Å². The molecule has 0 aliphatic carbocycles. The van der Waals surface area contributed by atoms with E-state index < -0.39 is 0 Å². The molecule has 29 heavy (non-hydrogen) atoms. The molecule has 0 radical (unpaired) electrons. The Labute approximate surface area is 173 Å². The summed E-state index contributed by atoms with van der Waals surface area (Å²) in [7, 11) is 0. The molecule has 0 saturated carbocycles. The predicted molar refractivity (Wildman–Crippen MR) is 111 cm³/mol. The van der Waals surface area contributed by atoms with Gasteiger partial charge in [0.25, 0.3) is 0 Å². The van der Waals surface area contributed by atoms with Crippen LogP contribution in [0.25, 0.3) is 22.5 Å². The van der Waals surface area contributed by atoms with Gasteiger partial charge in [-0.25, -0.2) is 9.97 Å². The molecule has 4 aromatic rings.